The van der Waals surface area contributed by atoms with Gasteiger partial charge in [0, 0.05) is 17.5 Å². The van der Waals surface area contributed by atoms with E-state index in [1.54, 1.807) is 6.07 Å². The Morgan fingerprint density at radius 1 is 1.26 bits per heavy atom. The van der Waals surface area contributed by atoms with E-state index in [9.17, 15) is 14.4 Å². The number of hydrogen-bond acceptors (Lipinski definition) is 6. The Morgan fingerprint density at radius 3 is 2.71 bits per heavy atom. The van der Waals surface area contributed by atoms with Gasteiger partial charge in [0.15, 0.2) is 0 Å². The molecule has 164 valence electrons. The van der Waals surface area contributed by atoms with Crippen molar-refractivity contribution in [1.29, 1.82) is 0 Å². The van der Waals surface area contributed by atoms with Crippen molar-refractivity contribution in [3.05, 3.63) is 56.4 Å². The summed E-state index contributed by atoms with van der Waals surface area (Å²) in [6, 6.07) is 7.19. The molecule has 3 N–H and O–H groups in total. The maximum atomic E-state index is 12.6. The molecule has 0 bridgehead atoms. The van der Waals surface area contributed by atoms with Crippen LogP contribution in [-0.4, -0.2) is 27.0 Å². The van der Waals surface area contributed by atoms with Gasteiger partial charge in [0.1, 0.15) is 10.7 Å². The van der Waals surface area contributed by atoms with Crippen LogP contribution in [0.2, 0.25) is 0 Å². The number of rotatable bonds is 7. The molecule has 0 radical (unpaired) electrons. The predicted molar refractivity (Wildman–Crippen MR) is 128 cm³/mol. The Morgan fingerprint density at radius 2 is 2.00 bits per heavy atom. The lowest BCUT2D eigenvalue weighted by Gasteiger charge is -2.18. The van der Waals surface area contributed by atoms with Gasteiger partial charge < -0.3 is 15.6 Å². The number of benzene rings is 1. The second-order valence-corrected chi connectivity index (χ2v) is 10.00. The fourth-order valence-electron chi connectivity index (χ4n) is 3.15. The third-order valence-electron chi connectivity index (χ3n) is 4.99. The summed E-state index contributed by atoms with van der Waals surface area (Å²) in [6.45, 7) is 9.10. The second kappa shape index (κ2) is 9.65. The zero-order valence-corrected chi connectivity index (χ0v) is 19.8. The lowest BCUT2D eigenvalue weighted by Crippen LogP contribution is -2.33. The van der Waals surface area contributed by atoms with E-state index >= 15 is 0 Å². The first-order valence-corrected chi connectivity index (χ1v) is 11.8. The average molecular weight is 459 g/mol. The number of H-pyrrole nitrogens is 1. The van der Waals surface area contributed by atoms with Crippen LogP contribution in [0.15, 0.2) is 29.1 Å². The van der Waals surface area contributed by atoms with Crippen molar-refractivity contribution >= 4 is 50.8 Å². The number of nitrogens with zero attached hydrogens (tertiary/aromatic N) is 1. The first-order valence-electron chi connectivity index (χ1n) is 9.94. The first-order chi connectivity index (χ1) is 14.7. The highest BCUT2D eigenvalue weighted by molar-refractivity contribution is 7.99. The molecule has 9 heteroatoms. The molecule has 1 aromatic carbocycles. The normalized spacial score (nSPS) is 13.1. The van der Waals surface area contributed by atoms with E-state index in [1.807, 2.05) is 45.9 Å². The van der Waals surface area contributed by atoms with Gasteiger partial charge in [-0.2, -0.15) is 0 Å². The van der Waals surface area contributed by atoms with E-state index in [4.69, 9.17) is 0 Å². The van der Waals surface area contributed by atoms with Gasteiger partial charge in [-0.05, 0) is 51.0 Å². The van der Waals surface area contributed by atoms with Gasteiger partial charge in [0.2, 0.25) is 11.8 Å². The fourth-order valence-corrected chi connectivity index (χ4v) is 4.96. The molecular formula is C22H26N4O3S2. The zero-order chi connectivity index (χ0) is 22.7. The summed E-state index contributed by atoms with van der Waals surface area (Å²) < 4.78 is 0. The minimum atomic E-state index is -0.325. The van der Waals surface area contributed by atoms with E-state index in [-0.39, 0.29) is 28.7 Å². The number of aryl methyl sites for hydroxylation is 2. The predicted octanol–water partition coefficient (Wildman–Crippen LogP) is 4.06. The quantitative estimate of drug-likeness (QED) is 0.495. The molecule has 0 aliphatic heterocycles. The molecule has 7 nitrogen and oxygen atoms in total. The standard InChI is InChI=1S/C22H26N4O3S2/c1-11-13(3)31-22-19(11)21(29)25-18(26-22)10-30-14(4)20(28)23-12(2)16-7-6-8-17(9-16)24-15(5)27/h6-9,12,14H,10H2,1-5H3,(H,23,28)(H,24,27)(H,25,26,29). The molecule has 2 amide bonds. The Bertz CT molecular complexity index is 1190. The highest BCUT2D eigenvalue weighted by Crippen LogP contribution is 2.26. The fraction of sp³-hybridized carbons (Fsp3) is 0.364. The van der Waals surface area contributed by atoms with Crippen LogP contribution in [0.3, 0.4) is 0 Å². The smallest absolute Gasteiger partial charge is 0.259 e. The molecular weight excluding hydrogens is 432 g/mol. The largest absolute Gasteiger partial charge is 0.349 e. The maximum absolute atomic E-state index is 12.6. The van der Waals surface area contributed by atoms with Gasteiger partial charge in [0.05, 0.1) is 22.4 Å². The summed E-state index contributed by atoms with van der Waals surface area (Å²) in [7, 11) is 0. The van der Waals surface area contributed by atoms with Gasteiger partial charge in [-0.3, -0.25) is 14.4 Å². The molecule has 0 aliphatic rings. The molecule has 2 atom stereocenters. The van der Waals surface area contributed by atoms with Crippen LogP contribution in [-0.2, 0) is 15.3 Å². The molecule has 0 saturated heterocycles. The van der Waals surface area contributed by atoms with Crippen LogP contribution < -0.4 is 16.2 Å². The molecule has 2 aromatic heterocycles. The van der Waals surface area contributed by atoms with Crippen molar-refractivity contribution in [2.45, 2.75) is 51.7 Å². The molecule has 3 aromatic rings. The van der Waals surface area contributed by atoms with Crippen LogP contribution in [0.1, 0.15) is 48.6 Å². The first kappa shape index (κ1) is 23.0. The number of nitrogens with one attached hydrogen (secondary N) is 3. The lowest BCUT2D eigenvalue weighted by atomic mass is 10.1. The second-order valence-electron chi connectivity index (χ2n) is 7.47. The molecule has 2 unspecified atom stereocenters. The van der Waals surface area contributed by atoms with Gasteiger partial charge in [-0.1, -0.05) is 12.1 Å². The minimum Gasteiger partial charge on any atom is -0.349 e. The third-order valence-corrected chi connectivity index (χ3v) is 7.25. The Balaban J connectivity index is 1.61. The molecule has 3 rings (SSSR count). The van der Waals surface area contributed by atoms with E-state index in [0.29, 0.717) is 22.7 Å². The Kier molecular flexibility index (Phi) is 7.17. The molecule has 0 spiro atoms. The summed E-state index contributed by atoms with van der Waals surface area (Å²) in [4.78, 5) is 45.5. The number of thioether (sulfide) groups is 1. The third kappa shape index (κ3) is 5.54. The average Bonchev–Trinajstić information content (AvgIpc) is 2.99. The number of fused-ring (bicyclic) bond motifs is 1. The number of aromatic nitrogens is 2. The van der Waals surface area contributed by atoms with Crippen LogP contribution >= 0.6 is 23.1 Å². The molecule has 2 heterocycles. The monoisotopic (exact) mass is 458 g/mol. The van der Waals surface area contributed by atoms with Crippen molar-refractivity contribution in [3.8, 4) is 0 Å². The van der Waals surface area contributed by atoms with E-state index in [0.717, 1.165) is 20.8 Å². The van der Waals surface area contributed by atoms with Gasteiger partial charge >= 0.3 is 0 Å². The molecule has 0 aliphatic carbocycles. The van der Waals surface area contributed by atoms with Crippen LogP contribution in [0.5, 0.6) is 0 Å². The number of thiophene rings is 1. The maximum Gasteiger partial charge on any atom is 0.259 e. The number of carbonyl (C=O) groups is 2. The van der Waals surface area contributed by atoms with Gasteiger partial charge in [-0.25, -0.2) is 4.98 Å². The zero-order valence-electron chi connectivity index (χ0n) is 18.2. The number of amides is 2. The summed E-state index contributed by atoms with van der Waals surface area (Å²) in [5, 5.41) is 6.07. The van der Waals surface area contributed by atoms with Crippen molar-refractivity contribution in [2.75, 3.05) is 5.32 Å². The minimum absolute atomic E-state index is 0.103. The summed E-state index contributed by atoms with van der Waals surface area (Å²) in [5.41, 5.74) is 2.43. The van der Waals surface area contributed by atoms with Crippen LogP contribution in [0.25, 0.3) is 10.2 Å². The lowest BCUT2D eigenvalue weighted by molar-refractivity contribution is -0.121. The van der Waals surface area contributed by atoms with E-state index in [2.05, 4.69) is 20.6 Å². The van der Waals surface area contributed by atoms with Crippen molar-refractivity contribution in [1.82, 2.24) is 15.3 Å². The topological polar surface area (TPSA) is 104 Å². The Hall–Kier alpha value is -2.65. The molecule has 0 saturated carbocycles. The highest BCUT2D eigenvalue weighted by atomic mass is 32.2. The van der Waals surface area contributed by atoms with Gasteiger partial charge in [0.25, 0.3) is 5.56 Å². The van der Waals surface area contributed by atoms with E-state index < -0.39 is 0 Å². The number of hydrogen-bond donors (Lipinski definition) is 3. The van der Waals surface area contributed by atoms with Gasteiger partial charge in [-0.15, -0.1) is 23.1 Å². The van der Waals surface area contributed by atoms with Crippen LogP contribution in [0.4, 0.5) is 5.69 Å². The molecule has 31 heavy (non-hydrogen) atoms. The number of anilines is 1. The van der Waals surface area contributed by atoms with Crippen molar-refractivity contribution < 1.29 is 9.59 Å². The van der Waals surface area contributed by atoms with Crippen molar-refractivity contribution in [2.24, 2.45) is 0 Å². The number of aromatic amines is 1. The molecule has 0 fully saturated rings. The van der Waals surface area contributed by atoms with Crippen molar-refractivity contribution in [3.63, 3.8) is 0 Å². The summed E-state index contributed by atoms with van der Waals surface area (Å²) >= 11 is 2.93. The van der Waals surface area contributed by atoms with Crippen LogP contribution in [0, 0.1) is 13.8 Å². The summed E-state index contributed by atoms with van der Waals surface area (Å²) in [6.07, 6.45) is 0. The Labute approximate surface area is 189 Å². The van der Waals surface area contributed by atoms with E-state index in [1.165, 1.54) is 30.0 Å². The summed E-state index contributed by atoms with van der Waals surface area (Å²) in [5.74, 6) is 0.756. The highest BCUT2D eigenvalue weighted by Gasteiger charge is 2.18. The SMILES string of the molecule is CC(=O)Nc1cccc(C(C)NC(=O)C(C)SCc2nc3sc(C)c(C)c3c(=O)[nH]2)c1. The number of carbonyl (C=O) groups excluding carboxylic acids is 2.